The highest BCUT2D eigenvalue weighted by Crippen LogP contribution is 2.28. The van der Waals surface area contributed by atoms with E-state index in [0.717, 1.165) is 11.1 Å². The van der Waals surface area contributed by atoms with Crippen LogP contribution in [0.4, 0.5) is 4.39 Å². The van der Waals surface area contributed by atoms with Crippen LogP contribution in [0, 0.1) is 5.82 Å². The maximum atomic E-state index is 14.4. The van der Waals surface area contributed by atoms with E-state index in [1.165, 1.54) is 6.07 Å². The van der Waals surface area contributed by atoms with Crippen LogP contribution >= 0.6 is 0 Å². The van der Waals surface area contributed by atoms with Crippen molar-refractivity contribution in [1.82, 2.24) is 14.4 Å². The third-order valence-electron chi connectivity index (χ3n) is 5.32. The molecule has 0 aliphatic heterocycles. The number of aromatic hydroxyl groups is 1. The van der Waals surface area contributed by atoms with Gasteiger partial charge in [0.2, 0.25) is 5.88 Å². The number of halogens is 1. The third-order valence-corrected chi connectivity index (χ3v) is 5.32. The van der Waals surface area contributed by atoms with Crippen LogP contribution in [0.1, 0.15) is 22.5 Å². The number of hydrogen-bond acceptors (Lipinski definition) is 3. The van der Waals surface area contributed by atoms with E-state index >= 15 is 0 Å². The van der Waals surface area contributed by atoms with E-state index < -0.39 is 0 Å². The van der Waals surface area contributed by atoms with Gasteiger partial charge < -0.3 is 5.11 Å². The molecular formula is C26H20FN3O. The second kappa shape index (κ2) is 8.03. The van der Waals surface area contributed by atoms with Gasteiger partial charge in [-0.05, 0) is 17.2 Å². The molecule has 3 aromatic carbocycles. The number of rotatable bonds is 5. The molecule has 0 saturated heterocycles. The molecule has 1 N–H and O–H groups in total. The van der Waals surface area contributed by atoms with Crippen LogP contribution in [0.3, 0.4) is 0 Å². The number of imidazole rings is 1. The summed E-state index contributed by atoms with van der Waals surface area (Å²) in [5, 5.41) is 11.0. The quantitative estimate of drug-likeness (QED) is 0.422. The highest BCUT2D eigenvalue weighted by Gasteiger charge is 2.18. The van der Waals surface area contributed by atoms with Crippen molar-refractivity contribution in [2.24, 2.45) is 0 Å². The van der Waals surface area contributed by atoms with Crippen molar-refractivity contribution in [1.29, 1.82) is 0 Å². The van der Waals surface area contributed by atoms with E-state index in [9.17, 15) is 9.50 Å². The zero-order valence-electron chi connectivity index (χ0n) is 16.7. The first-order chi connectivity index (χ1) is 15.2. The summed E-state index contributed by atoms with van der Waals surface area (Å²) in [7, 11) is 0. The van der Waals surface area contributed by atoms with Gasteiger partial charge in [0.25, 0.3) is 0 Å². The maximum absolute atomic E-state index is 14.4. The van der Waals surface area contributed by atoms with E-state index in [1.807, 2.05) is 60.7 Å². The molecule has 0 radical (unpaired) electrons. The Kier molecular flexibility index (Phi) is 4.92. The van der Waals surface area contributed by atoms with Crippen LogP contribution in [0.25, 0.3) is 16.9 Å². The van der Waals surface area contributed by atoms with E-state index in [1.54, 1.807) is 28.8 Å². The fourth-order valence-electron chi connectivity index (χ4n) is 3.74. The topological polar surface area (TPSA) is 50.4 Å². The second-order valence-corrected chi connectivity index (χ2v) is 7.45. The van der Waals surface area contributed by atoms with Gasteiger partial charge in [0.15, 0.2) is 5.65 Å². The Hall–Kier alpha value is -3.99. The summed E-state index contributed by atoms with van der Waals surface area (Å²) in [5.41, 5.74) is 4.90. The molecule has 152 valence electrons. The molecule has 5 rings (SSSR count). The first kappa shape index (κ1) is 19.0. The largest absolute Gasteiger partial charge is 0.493 e. The number of aromatic nitrogens is 3. The number of nitrogens with zero attached hydrogens (tertiary/aromatic N) is 3. The summed E-state index contributed by atoms with van der Waals surface area (Å²) >= 11 is 0. The number of fused-ring (bicyclic) bond motifs is 1. The summed E-state index contributed by atoms with van der Waals surface area (Å²) in [6, 6.07) is 26.3. The number of benzene rings is 3. The lowest BCUT2D eigenvalue weighted by atomic mass is 10.1. The van der Waals surface area contributed by atoms with E-state index in [4.69, 9.17) is 9.97 Å². The molecule has 5 aromatic rings. The maximum Gasteiger partial charge on any atom is 0.219 e. The van der Waals surface area contributed by atoms with Crippen molar-refractivity contribution < 1.29 is 9.50 Å². The van der Waals surface area contributed by atoms with E-state index in [2.05, 4.69) is 0 Å². The van der Waals surface area contributed by atoms with Crippen molar-refractivity contribution in [3.8, 4) is 17.1 Å². The van der Waals surface area contributed by atoms with Gasteiger partial charge in [-0.1, -0.05) is 78.9 Å². The van der Waals surface area contributed by atoms with Crippen molar-refractivity contribution in [3.05, 3.63) is 119 Å². The van der Waals surface area contributed by atoms with Gasteiger partial charge in [-0.25, -0.2) is 14.4 Å². The van der Waals surface area contributed by atoms with Gasteiger partial charge >= 0.3 is 0 Å². The zero-order valence-corrected chi connectivity index (χ0v) is 16.7. The molecule has 2 heterocycles. The first-order valence-electron chi connectivity index (χ1n) is 10.1. The normalized spacial score (nSPS) is 11.1. The van der Waals surface area contributed by atoms with Gasteiger partial charge in [0.05, 0.1) is 11.4 Å². The molecule has 5 heteroatoms. The van der Waals surface area contributed by atoms with E-state index in [0.29, 0.717) is 34.7 Å². The van der Waals surface area contributed by atoms with Crippen LogP contribution in [0.15, 0.2) is 91.1 Å². The predicted octanol–water partition coefficient (Wildman–Crippen LogP) is 5.42. The lowest BCUT2D eigenvalue weighted by Gasteiger charge is -2.09. The second-order valence-electron chi connectivity index (χ2n) is 7.45. The van der Waals surface area contributed by atoms with Gasteiger partial charge in [-0.2, -0.15) is 0 Å². The molecule has 0 unspecified atom stereocenters. The molecule has 0 aliphatic carbocycles. The predicted molar refractivity (Wildman–Crippen MR) is 119 cm³/mol. The SMILES string of the molecule is Oc1c(Cc2ccccc2)nc2c(Cc3ccccc3F)nc(-c3ccccc3)cn12. The van der Waals surface area contributed by atoms with Crippen LogP contribution in [0.5, 0.6) is 5.88 Å². The number of hydrogen-bond donors (Lipinski definition) is 1. The van der Waals surface area contributed by atoms with Crippen LogP contribution in [0.2, 0.25) is 0 Å². The average molecular weight is 409 g/mol. The van der Waals surface area contributed by atoms with Gasteiger partial charge in [-0.15, -0.1) is 0 Å². The zero-order chi connectivity index (χ0) is 21.2. The minimum atomic E-state index is -0.284. The molecule has 0 saturated carbocycles. The van der Waals surface area contributed by atoms with Crippen molar-refractivity contribution in [2.45, 2.75) is 12.8 Å². The van der Waals surface area contributed by atoms with Crippen LogP contribution in [-0.2, 0) is 12.8 Å². The molecule has 31 heavy (non-hydrogen) atoms. The molecule has 0 fully saturated rings. The molecule has 2 aromatic heterocycles. The smallest absolute Gasteiger partial charge is 0.219 e. The van der Waals surface area contributed by atoms with Crippen molar-refractivity contribution in [3.63, 3.8) is 0 Å². The summed E-state index contributed by atoms with van der Waals surface area (Å²) in [5.74, 6) is -0.207. The van der Waals surface area contributed by atoms with Gasteiger partial charge in [-0.3, -0.25) is 4.40 Å². The fourth-order valence-corrected chi connectivity index (χ4v) is 3.74. The van der Waals surface area contributed by atoms with Crippen LogP contribution < -0.4 is 0 Å². The Balaban J connectivity index is 1.67. The fraction of sp³-hybridized carbons (Fsp3) is 0.0769. The Morgan fingerprint density at radius 3 is 2.16 bits per heavy atom. The lowest BCUT2D eigenvalue weighted by molar-refractivity contribution is 0.442. The summed E-state index contributed by atoms with van der Waals surface area (Å²) < 4.78 is 16.0. The highest BCUT2D eigenvalue weighted by molar-refractivity contribution is 5.63. The summed E-state index contributed by atoms with van der Waals surface area (Å²) in [6.45, 7) is 0. The van der Waals surface area contributed by atoms with Gasteiger partial charge in [0, 0.05) is 24.6 Å². The molecule has 0 spiro atoms. The highest BCUT2D eigenvalue weighted by atomic mass is 19.1. The van der Waals surface area contributed by atoms with Gasteiger partial charge in [0.1, 0.15) is 11.5 Å². The minimum absolute atomic E-state index is 0.0771. The molecule has 0 aliphatic rings. The molecular weight excluding hydrogens is 389 g/mol. The molecule has 0 amide bonds. The van der Waals surface area contributed by atoms with E-state index in [-0.39, 0.29) is 18.1 Å². The lowest BCUT2D eigenvalue weighted by Crippen LogP contribution is -2.02. The monoisotopic (exact) mass is 409 g/mol. The summed E-state index contributed by atoms with van der Waals surface area (Å²) in [6.07, 6.45) is 2.55. The first-order valence-corrected chi connectivity index (χ1v) is 10.1. The van der Waals surface area contributed by atoms with Crippen molar-refractivity contribution in [2.75, 3.05) is 0 Å². The Morgan fingerprint density at radius 2 is 1.42 bits per heavy atom. The Bertz CT molecular complexity index is 1350. The van der Waals surface area contributed by atoms with Crippen molar-refractivity contribution >= 4 is 5.65 Å². The summed E-state index contributed by atoms with van der Waals surface area (Å²) in [4.78, 5) is 9.50. The molecule has 4 nitrogen and oxygen atoms in total. The standard InChI is InChI=1S/C26H20FN3O/c27-21-14-8-7-13-20(21)16-22-25-29-23(15-18-9-3-1-4-10-18)26(31)30(25)17-24(28-22)19-11-5-2-6-12-19/h1-14,17,31H,15-16H2. The minimum Gasteiger partial charge on any atom is -0.493 e. The average Bonchev–Trinajstić information content (AvgIpc) is 3.12. The van der Waals surface area contributed by atoms with Crippen LogP contribution in [-0.4, -0.2) is 19.5 Å². The molecule has 0 atom stereocenters. The Labute approximate surface area is 179 Å². The molecule has 0 bridgehead atoms. The Morgan fingerprint density at radius 1 is 0.742 bits per heavy atom. The third kappa shape index (κ3) is 3.78.